The first kappa shape index (κ1) is 14.5. The van der Waals surface area contributed by atoms with E-state index >= 15 is 0 Å². The van der Waals surface area contributed by atoms with Gasteiger partial charge in [0.15, 0.2) is 11.6 Å². The first-order valence-corrected chi connectivity index (χ1v) is 6.12. The van der Waals surface area contributed by atoms with Crippen LogP contribution < -0.4 is 11.0 Å². The Kier molecular flexibility index (Phi) is 3.77. The number of amides is 1. The Balaban J connectivity index is 2.21. The summed E-state index contributed by atoms with van der Waals surface area (Å²) in [6.45, 7) is 0.00163. The summed E-state index contributed by atoms with van der Waals surface area (Å²) in [6.07, 6.45) is -3.58. The maximum absolute atomic E-state index is 12.0. The highest BCUT2D eigenvalue weighted by Crippen LogP contribution is 2.14. The van der Waals surface area contributed by atoms with E-state index in [4.69, 9.17) is 0 Å². The summed E-state index contributed by atoms with van der Waals surface area (Å²) in [4.78, 5) is 31.8. The fourth-order valence-corrected chi connectivity index (χ4v) is 2.25. The van der Waals surface area contributed by atoms with Crippen LogP contribution in [0.5, 0.6) is 0 Å². The van der Waals surface area contributed by atoms with Crippen molar-refractivity contribution in [2.75, 3.05) is 6.61 Å². The van der Waals surface area contributed by atoms with Crippen molar-refractivity contribution in [3.8, 4) is 0 Å². The lowest BCUT2D eigenvalue weighted by Crippen LogP contribution is -2.34. The van der Waals surface area contributed by atoms with Crippen LogP contribution in [0.25, 0.3) is 4.96 Å². The number of carbonyl (C=O) groups excluding carboxylic acids is 1. The Hall–Kier alpha value is -1.94. The van der Waals surface area contributed by atoms with Crippen LogP contribution in [0.15, 0.2) is 16.4 Å². The molecule has 0 unspecified atom stereocenters. The lowest BCUT2D eigenvalue weighted by atomic mass is 10.3. The largest absolute Gasteiger partial charge is 0.414 e. The highest BCUT2D eigenvalue weighted by atomic mass is 32.1. The number of hydroxylamine groups is 1. The maximum atomic E-state index is 12.0. The molecule has 2 aromatic rings. The van der Waals surface area contributed by atoms with Gasteiger partial charge in [0.1, 0.15) is 5.56 Å². The second-order valence-electron chi connectivity index (χ2n) is 3.81. The number of hydrogen-bond acceptors (Lipinski definition) is 5. The van der Waals surface area contributed by atoms with E-state index in [0.29, 0.717) is 10.7 Å². The zero-order chi connectivity index (χ0) is 14.9. The number of halogens is 3. The Morgan fingerprint density at radius 2 is 2.25 bits per heavy atom. The number of aromatic nitrogens is 2. The Labute approximate surface area is 113 Å². The fraction of sp³-hybridized carbons (Fsp3) is 0.300. The quantitative estimate of drug-likeness (QED) is 0.867. The van der Waals surface area contributed by atoms with Crippen LogP contribution in [0, 0.1) is 6.92 Å². The lowest BCUT2D eigenvalue weighted by Gasteiger charge is -2.08. The zero-order valence-corrected chi connectivity index (χ0v) is 10.8. The zero-order valence-electron chi connectivity index (χ0n) is 10.0. The van der Waals surface area contributed by atoms with Gasteiger partial charge in [0.2, 0.25) is 0 Å². The molecule has 108 valence electrons. The molecule has 0 aliphatic carbocycles. The summed E-state index contributed by atoms with van der Waals surface area (Å²) in [5.74, 6) is -1.08. The number of rotatable bonds is 3. The van der Waals surface area contributed by atoms with Crippen LogP contribution in [-0.4, -0.2) is 28.1 Å². The van der Waals surface area contributed by atoms with Crippen molar-refractivity contribution in [2.45, 2.75) is 13.1 Å². The minimum atomic E-state index is -4.57. The van der Waals surface area contributed by atoms with Crippen molar-refractivity contribution in [3.63, 3.8) is 0 Å². The van der Waals surface area contributed by atoms with E-state index < -0.39 is 29.8 Å². The average Bonchev–Trinajstić information content (AvgIpc) is 2.70. The molecule has 2 heterocycles. The normalized spacial score (nSPS) is 11.8. The summed E-state index contributed by atoms with van der Waals surface area (Å²) in [6, 6.07) is 0. The van der Waals surface area contributed by atoms with Gasteiger partial charge in [-0.1, -0.05) is 0 Å². The summed E-state index contributed by atoms with van der Waals surface area (Å²) in [5, 5.41) is 1.67. The van der Waals surface area contributed by atoms with Crippen molar-refractivity contribution in [3.05, 3.63) is 33.2 Å². The second-order valence-corrected chi connectivity index (χ2v) is 4.64. The number of alkyl halides is 3. The van der Waals surface area contributed by atoms with Crippen molar-refractivity contribution in [2.24, 2.45) is 0 Å². The van der Waals surface area contributed by atoms with Crippen molar-refractivity contribution >= 4 is 22.2 Å². The van der Waals surface area contributed by atoms with E-state index in [2.05, 4.69) is 9.82 Å². The molecule has 2 rings (SSSR count). The standard InChI is InChI=1S/C10H8F3N3O3S/c1-5-3-20-9-14-2-6(8(18)16(5)9)7(17)15-19-4-10(11,12)13/h2-3H,4H2,1H3,(H,15,17). The maximum Gasteiger partial charge on any atom is 0.414 e. The number of nitrogens with one attached hydrogen (secondary N) is 1. The molecule has 0 aliphatic rings. The molecule has 1 amide bonds. The molecule has 0 radical (unpaired) electrons. The third-order valence-corrected chi connectivity index (χ3v) is 3.22. The van der Waals surface area contributed by atoms with Crippen LogP contribution >= 0.6 is 11.3 Å². The number of thiazole rings is 1. The molecule has 0 fully saturated rings. The van der Waals surface area contributed by atoms with Gasteiger partial charge in [-0.2, -0.15) is 13.2 Å². The number of carbonyl (C=O) groups is 1. The Morgan fingerprint density at radius 3 is 2.90 bits per heavy atom. The minimum absolute atomic E-state index is 0.389. The molecule has 10 heteroatoms. The van der Waals surface area contributed by atoms with Gasteiger partial charge in [-0.3, -0.25) is 18.8 Å². The van der Waals surface area contributed by atoms with Crippen molar-refractivity contribution in [1.29, 1.82) is 0 Å². The molecule has 6 nitrogen and oxygen atoms in total. The SMILES string of the molecule is Cc1csc2ncc(C(=O)NOCC(F)(F)F)c(=O)n12. The van der Waals surface area contributed by atoms with Gasteiger partial charge in [0, 0.05) is 17.3 Å². The molecule has 0 spiro atoms. The van der Waals surface area contributed by atoms with Crippen LogP contribution in [0.4, 0.5) is 13.2 Å². The molecular weight excluding hydrogens is 299 g/mol. The second kappa shape index (κ2) is 5.21. The molecule has 0 aromatic carbocycles. The number of nitrogens with zero attached hydrogens (tertiary/aromatic N) is 2. The monoisotopic (exact) mass is 307 g/mol. The summed E-state index contributed by atoms with van der Waals surface area (Å²) in [5.41, 5.74) is 1.08. The van der Waals surface area contributed by atoms with E-state index in [-0.39, 0.29) is 0 Å². The van der Waals surface area contributed by atoms with Gasteiger partial charge in [-0.05, 0) is 6.92 Å². The predicted octanol–water partition coefficient (Wildman–Crippen LogP) is 1.29. The number of aryl methyl sites for hydroxylation is 1. The summed E-state index contributed by atoms with van der Waals surface area (Å²) >= 11 is 1.21. The Bertz CT molecular complexity index is 707. The van der Waals surface area contributed by atoms with Gasteiger partial charge in [-0.25, -0.2) is 10.5 Å². The molecule has 0 saturated carbocycles. The third-order valence-electron chi connectivity index (χ3n) is 2.26. The summed E-state index contributed by atoms with van der Waals surface area (Å²) in [7, 11) is 0. The molecular formula is C10H8F3N3O3S. The van der Waals surface area contributed by atoms with Crippen LogP contribution in [0.3, 0.4) is 0 Å². The van der Waals surface area contributed by atoms with Gasteiger partial charge in [0.05, 0.1) is 0 Å². The van der Waals surface area contributed by atoms with Gasteiger partial charge < -0.3 is 0 Å². The topological polar surface area (TPSA) is 72.7 Å². The van der Waals surface area contributed by atoms with E-state index in [1.165, 1.54) is 15.7 Å². The number of hydrogen-bond donors (Lipinski definition) is 1. The summed E-state index contributed by atoms with van der Waals surface area (Å²) < 4.78 is 36.8. The van der Waals surface area contributed by atoms with Crippen LogP contribution in [0.1, 0.15) is 16.1 Å². The first-order chi connectivity index (χ1) is 9.29. The van der Waals surface area contributed by atoms with Crippen LogP contribution in [-0.2, 0) is 4.84 Å². The molecule has 0 saturated heterocycles. The first-order valence-electron chi connectivity index (χ1n) is 5.24. The van der Waals surface area contributed by atoms with Gasteiger partial charge in [0.25, 0.3) is 11.5 Å². The highest BCUT2D eigenvalue weighted by molar-refractivity contribution is 7.15. The third kappa shape index (κ3) is 2.96. The molecule has 0 bridgehead atoms. The van der Waals surface area contributed by atoms with Crippen molar-refractivity contribution < 1.29 is 22.8 Å². The molecule has 0 aliphatic heterocycles. The van der Waals surface area contributed by atoms with E-state index in [1.54, 1.807) is 17.8 Å². The molecule has 20 heavy (non-hydrogen) atoms. The van der Waals surface area contributed by atoms with E-state index in [1.807, 2.05) is 0 Å². The van der Waals surface area contributed by atoms with E-state index in [0.717, 1.165) is 6.20 Å². The Morgan fingerprint density at radius 1 is 1.55 bits per heavy atom. The average molecular weight is 307 g/mol. The molecule has 1 N–H and O–H groups in total. The van der Waals surface area contributed by atoms with E-state index in [9.17, 15) is 22.8 Å². The highest BCUT2D eigenvalue weighted by Gasteiger charge is 2.28. The van der Waals surface area contributed by atoms with Gasteiger partial charge in [-0.15, -0.1) is 11.3 Å². The van der Waals surface area contributed by atoms with Crippen LogP contribution in [0.2, 0.25) is 0 Å². The number of fused-ring (bicyclic) bond motifs is 1. The minimum Gasteiger partial charge on any atom is -0.268 e. The molecule has 0 atom stereocenters. The smallest absolute Gasteiger partial charge is 0.268 e. The predicted molar refractivity (Wildman–Crippen MR) is 63.5 cm³/mol. The van der Waals surface area contributed by atoms with Crippen molar-refractivity contribution in [1.82, 2.24) is 14.9 Å². The lowest BCUT2D eigenvalue weighted by molar-refractivity contribution is -0.184. The van der Waals surface area contributed by atoms with Gasteiger partial charge >= 0.3 is 6.18 Å². The fourth-order valence-electron chi connectivity index (χ4n) is 1.42. The molecule has 2 aromatic heterocycles.